The van der Waals surface area contributed by atoms with Gasteiger partial charge in [-0.2, -0.15) is 0 Å². The highest BCUT2D eigenvalue weighted by molar-refractivity contribution is 5.29. The molecule has 0 aromatic heterocycles. The summed E-state index contributed by atoms with van der Waals surface area (Å²) in [6.45, 7) is 7.40. The van der Waals surface area contributed by atoms with E-state index in [2.05, 4.69) is 56.4 Å². The van der Waals surface area contributed by atoms with Crippen LogP contribution in [0.25, 0.3) is 0 Å². The monoisotopic (exact) mass is 287 g/mol. The molecule has 1 atom stereocenters. The second-order valence-corrected chi connectivity index (χ2v) is 6.27. The van der Waals surface area contributed by atoms with Crippen molar-refractivity contribution in [2.75, 3.05) is 6.54 Å². The lowest BCUT2D eigenvalue weighted by atomic mass is 9.97. The summed E-state index contributed by atoms with van der Waals surface area (Å²) in [5, 5.41) is 3.62. The number of allylic oxidation sites excluding steroid dienone is 1. The van der Waals surface area contributed by atoms with E-state index >= 15 is 0 Å². The highest BCUT2D eigenvalue weighted by atomic mass is 16.5. The predicted molar refractivity (Wildman–Crippen MR) is 89.8 cm³/mol. The predicted octanol–water partition coefficient (Wildman–Crippen LogP) is 5.01. The molecule has 116 valence electrons. The summed E-state index contributed by atoms with van der Waals surface area (Å²) < 4.78 is 5.68. The fourth-order valence-corrected chi connectivity index (χ4v) is 2.81. The van der Waals surface area contributed by atoms with E-state index < -0.39 is 0 Å². The van der Waals surface area contributed by atoms with Gasteiger partial charge in [0.05, 0.1) is 6.10 Å². The van der Waals surface area contributed by atoms with Crippen LogP contribution in [0.4, 0.5) is 0 Å². The highest BCUT2D eigenvalue weighted by Crippen LogP contribution is 2.21. The number of benzene rings is 1. The van der Waals surface area contributed by atoms with Crippen molar-refractivity contribution in [2.24, 2.45) is 0 Å². The van der Waals surface area contributed by atoms with E-state index in [0.717, 1.165) is 12.3 Å². The summed E-state index contributed by atoms with van der Waals surface area (Å²) in [6.07, 6.45) is 9.19. The SMILES string of the molecule is CC(C)Oc1ccc(C(C)NCCC2=CCCCC2)cc1. The number of hydrogen-bond acceptors (Lipinski definition) is 2. The van der Waals surface area contributed by atoms with Crippen LogP contribution in [0.3, 0.4) is 0 Å². The fraction of sp³-hybridized carbons (Fsp3) is 0.579. The average molecular weight is 287 g/mol. The fourth-order valence-electron chi connectivity index (χ4n) is 2.81. The molecule has 2 heteroatoms. The van der Waals surface area contributed by atoms with Crippen LogP contribution in [0, 0.1) is 0 Å². The topological polar surface area (TPSA) is 21.3 Å². The minimum atomic E-state index is 0.232. The van der Waals surface area contributed by atoms with Crippen molar-refractivity contribution in [1.82, 2.24) is 5.32 Å². The molecule has 0 amide bonds. The van der Waals surface area contributed by atoms with Gasteiger partial charge < -0.3 is 10.1 Å². The first-order valence-electron chi connectivity index (χ1n) is 8.33. The van der Waals surface area contributed by atoms with Crippen molar-refractivity contribution in [2.45, 2.75) is 65.0 Å². The van der Waals surface area contributed by atoms with Gasteiger partial charge in [0.1, 0.15) is 5.75 Å². The van der Waals surface area contributed by atoms with E-state index in [1.807, 2.05) is 0 Å². The van der Waals surface area contributed by atoms with E-state index in [4.69, 9.17) is 4.74 Å². The zero-order valence-electron chi connectivity index (χ0n) is 13.7. The maximum Gasteiger partial charge on any atom is 0.119 e. The van der Waals surface area contributed by atoms with Crippen LogP contribution < -0.4 is 10.1 Å². The maximum absolute atomic E-state index is 5.68. The molecule has 1 aromatic rings. The van der Waals surface area contributed by atoms with Gasteiger partial charge in [-0.05, 0) is 77.1 Å². The molecule has 0 radical (unpaired) electrons. The summed E-state index contributed by atoms with van der Waals surface area (Å²) in [6, 6.07) is 8.85. The minimum absolute atomic E-state index is 0.232. The van der Waals surface area contributed by atoms with Crippen LogP contribution in [0.5, 0.6) is 5.75 Å². The summed E-state index contributed by atoms with van der Waals surface area (Å²) >= 11 is 0. The lowest BCUT2D eigenvalue weighted by Crippen LogP contribution is -2.20. The van der Waals surface area contributed by atoms with Crippen LogP contribution in [-0.2, 0) is 0 Å². The van der Waals surface area contributed by atoms with E-state index in [9.17, 15) is 0 Å². The Bertz CT molecular complexity index is 447. The zero-order valence-corrected chi connectivity index (χ0v) is 13.7. The van der Waals surface area contributed by atoms with Crippen molar-refractivity contribution in [3.8, 4) is 5.75 Å². The first-order valence-corrected chi connectivity index (χ1v) is 8.33. The third-order valence-corrected chi connectivity index (χ3v) is 4.03. The molecule has 0 bridgehead atoms. The molecule has 1 aromatic carbocycles. The Balaban J connectivity index is 1.77. The molecule has 0 saturated heterocycles. The molecule has 1 unspecified atom stereocenters. The second-order valence-electron chi connectivity index (χ2n) is 6.27. The van der Waals surface area contributed by atoms with Gasteiger partial charge in [0.2, 0.25) is 0 Å². The smallest absolute Gasteiger partial charge is 0.119 e. The Kier molecular flexibility index (Phi) is 6.31. The normalized spacial score (nSPS) is 16.7. The number of ether oxygens (including phenoxy) is 1. The maximum atomic E-state index is 5.68. The first-order chi connectivity index (χ1) is 10.1. The molecule has 0 heterocycles. The quantitative estimate of drug-likeness (QED) is 0.711. The third-order valence-electron chi connectivity index (χ3n) is 4.03. The molecular weight excluding hydrogens is 258 g/mol. The van der Waals surface area contributed by atoms with Crippen molar-refractivity contribution in [3.05, 3.63) is 41.5 Å². The van der Waals surface area contributed by atoms with Crippen molar-refractivity contribution in [1.29, 1.82) is 0 Å². The highest BCUT2D eigenvalue weighted by Gasteiger charge is 2.07. The van der Waals surface area contributed by atoms with Crippen LogP contribution in [0.2, 0.25) is 0 Å². The Morgan fingerprint density at radius 3 is 2.48 bits per heavy atom. The van der Waals surface area contributed by atoms with Crippen molar-refractivity contribution in [3.63, 3.8) is 0 Å². The largest absolute Gasteiger partial charge is 0.491 e. The molecular formula is C19H29NO. The Morgan fingerprint density at radius 1 is 1.10 bits per heavy atom. The van der Waals surface area contributed by atoms with Gasteiger partial charge in [0.15, 0.2) is 0 Å². The molecule has 1 aliphatic rings. The van der Waals surface area contributed by atoms with Crippen LogP contribution in [0.15, 0.2) is 35.9 Å². The zero-order chi connectivity index (χ0) is 15.1. The van der Waals surface area contributed by atoms with Crippen LogP contribution in [0.1, 0.15) is 64.5 Å². The standard InChI is InChI=1S/C19H29NO/c1-15(2)21-19-11-9-18(10-12-19)16(3)20-14-13-17-7-5-4-6-8-17/h7,9-12,15-16,20H,4-6,8,13-14H2,1-3H3. The Hall–Kier alpha value is -1.28. The molecule has 1 aliphatic carbocycles. The van der Waals surface area contributed by atoms with Gasteiger partial charge in [0.25, 0.3) is 0 Å². The van der Waals surface area contributed by atoms with Crippen LogP contribution >= 0.6 is 0 Å². The summed E-state index contributed by atoms with van der Waals surface area (Å²) in [5.74, 6) is 0.952. The lowest BCUT2D eigenvalue weighted by Gasteiger charge is -2.17. The molecule has 21 heavy (non-hydrogen) atoms. The Labute approximate surface area is 129 Å². The molecule has 0 spiro atoms. The van der Waals surface area contributed by atoms with Gasteiger partial charge in [-0.1, -0.05) is 23.8 Å². The van der Waals surface area contributed by atoms with Crippen LogP contribution in [-0.4, -0.2) is 12.6 Å². The molecule has 0 aliphatic heterocycles. The molecule has 0 fully saturated rings. The molecule has 2 rings (SSSR count). The second kappa shape index (κ2) is 8.23. The summed E-state index contributed by atoms with van der Waals surface area (Å²) in [4.78, 5) is 0. The average Bonchev–Trinajstić information content (AvgIpc) is 2.48. The van der Waals surface area contributed by atoms with E-state index in [1.54, 1.807) is 5.57 Å². The van der Waals surface area contributed by atoms with Gasteiger partial charge in [-0.15, -0.1) is 0 Å². The first kappa shape index (κ1) is 16.1. The Morgan fingerprint density at radius 2 is 1.86 bits per heavy atom. The number of nitrogens with one attached hydrogen (secondary N) is 1. The van der Waals surface area contributed by atoms with Crippen molar-refractivity contribution >= 4 is 0 Å². The van der Waals surface area contributed by atoms with E-state index in [-0.39, 0.29) is 6.10 Å². The molecule has 1 N–H and O–H groups in total. The van der Waals surface area contributed by atoms with Gasteiger partial charge in [0, 0.05) is 6.04 Å². The lowest BCUT2D eigenvalue weighted by molar-refractivity contribution is 0.242. The summed E-state index contributed by atoms with van der Waals surface area (Å²) in [5.41, 5.74) is 2.96. The van der Waals surface area contributed by atoms with Gasteiger partial charge >= 0.3 is 0 Å². The third kappa shape index (κ3) is 5.55. The number of hydrogen-bond donors (Lipinski definition) is 1. The van der Waals surface area contributed by atoms with Crippen molar-refractivity contribution < 1.29 is 4.74 Å². The molecule has 2 nitrogen and oxygen atoms in total. The van der Waals surface area contributed by atoms with Gasteiger partial charge in [-0.25, -0.2) is 0 Å². The molecule has 0 saturated carbocycles. The van der Waals surface area contributed by atoms with Gasteiger partial charge in [-0.3, -0.25) is 0 Å². The number of rotatable bonds is 7. The van der Waals surface area contributed by atoms with E-state index in [0.29, 0.717) is 6.04 Å². The van der Waals surface area contributed by atoms with E-state index in [1.165, 1.54) is 37.7 Å². The minimum Gasteiger partial charge on any atom is -0.491 e. The summed E-state index contributed by atoms with van der Waals surface area (Å²) in [7, 11) is 0.